The summed E-state index contributed by atoms with van der Waals surface area (Å²) in [4.78, 5) is 11.1. The fraction of sp³-hybridized carbons (Fsp3) is 0.588. The van der Waals surface area contributed by atoms with Crippen LogP contribution in [0.15, 0.2) is 29.0 Å². The van der Waals surface area contributed by atoms with E-state index in [2.05, 4.69) is 39.2 Å². The van der Waals surface area contributed by atoms with Gasteiger partial charge in [-0.3, -0.25) is 4.98 Å². The maximum atomic E-state index is 5.32. The number of piperidine rings is 1. The Hall–Kier alpha value is -1.79. The van der Waals surface area contributed by atoms with Crippen LogP contribution in [0.5, 0.6) is 0 Å². The molecule has 0 bridgehead atoms. The standard InChI is InChI=1S/C17H25N5O/c1-13(2)12-22-8-5-15(6-9-22)19-11-16-20-17(21-23-16)14-4-3-7-18-10-14/h3-4,7,10,13,15,19H,5-6,8-9,11-12H2,1-2H3. The van der Waals surface area contributed by atoms with E-state index in [9.17, 15) is 0 Å². The number of aromatic nitrogens is 3. The van der Waals surface area contributed by atoms with Crippen LogP contribution in [-0.2, 0) is 6.54 Å². The normalized spacial score (nSPS) is 17.0. The second kappa shape index (κ2) is 7.66. The Morgan fingerprint density at radius 1 is 1.35 bits per heavy atom. The van der Waals surface area contributed by atoms with Gasteiger partial charge in [0.05, 0.1) is 6.54 Å². The molecule has 2 aromatic heterocycles. The Kier molecular flexibility index (Phi) is 5.35. The molecule has 0 spiro atoms. The third kappa shape index (κ3) is 4.59. The van der Waals surface area contributed by atoms with Crippen molar-refractivity contribution in [1.82, 2.24) is 25.3 Å². The van der Waals surface area contributed by atoms with Gasteiger partial charge in [0.15, 0.2) is 0 Å². The van der Waals surface area contributed by atoms with Crippen molar-refractivity contribution in [2.24, 2.45) is 5.92 Å². The van der Waals surface area contributed by atoms with Gasteiger partial charge in [-0.1, -0.05) is 19.0 Å². The smallest absolute Gasteiger partial charge is 0.240 e. The fourth-order valence-corrected chi connectivity index (χ4v) is 3.01. The highest BCUT2D eigenvalue weighted by molar-refractivity contribution is 5.51. The Balaban J connectivity index is 1.46. The molecule has 1 fully saturated rings. The second-order valence-electron chi connectivity index (χ2n) is 6.60. The zero-order valence-electron chi connectivity index (χ0n) is 13.9. The van der Waals surface area contributed by atoms with E-state index >= 15 is 0 Å². The molecule has 6 nitrogen and oxygen atoms in total. The third-order valence-electron chi connectivity index (χ3n) is 4.14. The fourth-order valence-electron chi connectivity index (χ4n) is 3.01. The lowest BCUT2D eigenvalue weighted by Crippen LogP contribution is -2.43. The minimum absolute atomic E-state index is 0.534. The van der Waals surface area contributed by atoms with Gasteiger partial charge in [0.25, 0.3) is 0 Å². The summed E-state index contributed by atoms with van der Waals surface area (Å²) in [6.45, 7) is 8.72. The maximum absolute atomic E-state index is 5.32. The molecule has 1 aliphatic rings. The molecule has 0 unspecified atom stereocenters. The number of hydrogen-bond donors (Lipinski definition) is 1. The van der Waals surface area contributed by atoms with E-state index in [1.165, 1.54) is 32.5 Å². The Morgan fingerprint density at radius 3 is 2.87 bits per heavy atom. The minimum atomic E-state index is 0.534. The average molecular weight is 315 g/mol. The monoisotopic (exact) mass is 315 g/mol. The summed E-state index contributed by atoms with van der Waals surface area (Å²) in [6.07, 6.45) is 5.83. The van der Waals surface area contributed by atoms with Crippen LogP contribution in [0, 0.1) is 5.92 Å². The molecular formula is C17H25N5O. The number of nitrogens with zero attached hydrogens (tertiary/aromatic N) is 4. The van der Waals surface area contributed by atoms with Gasteiger partial charge in [-0.15, -0.1) is 0 Å². The summed E-state index contributed by atoms with van der Waals surface area (Å²) < 4.78 is 5.32. The van der Waals surface area contributed by atoms with Gasteiger partial charge in [-0.05, 0) is 44.0 Å². The zero-order chi connectivity index (χ0) is 16.1. The molecule has 3 rings (SSSR count). The van der Waals surface area contributed by atoms with Crippen molar-refractivity contribution in [2.45, 2.75) is 39.3 Å². The van der Waals surface area contributed by atoms with Crippen LogP contribution in [0.4, 0.5) is 0 Å². The van der Waals surface area contributed by atoms with Crippen molar-refractivity contribution in [2.75, 3.05) is 19.6 Å². The predicted octanol–water partition coefficient (Wildman–Crippen LogP) is 2.34. The van der Waals surface area contributed by atoms with Crippen LogP contribution in [0.3, 0.4) is 0 Å². The lowest BCUT2D eigenvalue weighted by Gasteiger charge is -2.33. The number of hydrogen-bond acceptors (Lipinski definition) is 6. The van der Waals surface area contributed by atoms with Gasteiger partial charge in [-0.25, -0.2) is 0 Å². The molecule has 6 heteroatoms. The van der Waals surface area contributed by atoms with Gasteiger partial charge in [0, 0.05) is 30.5 Å². The lowest BCUT2D eigenvalue weighted by molar-refractivity contribution is 0.177. The van der Waals surface area contributed by atoms with Crippen molar-refractivity contribution in [3.8, 4) is 11.4 Å². The number of nitrogens with one attached hydrogen (secondary N) is 1. The van der Waals surface area contributed by atoms with Gasteiger partial charge >= 0.3 is 0 Å². The van der Waals surface area contributed by atoms with E-state index in [1.807, 2.05) is 12.1 Å². The van der Waals surface area contributed by atoms with Crippen LogP contribution < -0.4 is 5.32 Å². The van der Waals surface area contributed by atoms with E-state index in [0.29, 0.717) is 24.3 Å². The molecule has 1 saturated heterocycles. The van der Waals surface area contributed by atoms with Crippen molar-refractivity contribution in [1.29, 1.82) is 0 Å². The van der Waals surface area contributed by atoms with E-state index in [-0.39, 0.29) is 0 Å². The molecule has 0 atom stereocenters. The van der Waals surface area contributed by atoms with Gasteiger partial charge in [0.1, 0.15) is 0 Å². The van der Waals surface area contributed by atoms with E-state index < -0.39 is 0 Å². The van der Waals surface area contributed by atoms with E-state index in [4.69, 9.17) is 4.52 Å². The van der Waals surface area contributed by atoms with E-state index in [0.717, 1.165) is 11.5 Å². The quantitative estimate of drug-likeness (QED) is 0.882. The summed E-state index contributed by atoms with van der Waals surface area (Å²) in [6, 6.07) is 4.33. The van der Waals surface area contributed by atoms with Crippen molar-refractivity contribution in [3.05, 3.63) is 30.4 Å². The summed E-state index contributed by atoms with van der Waals surface area (Å²) in [5.74, 6) is 1.97. The predicted molar refractivity (Wildman–Crippen MR) is 88.7 cm³/mol. The molecule has 124 valence electrons. The van der Waals surface area contributed by atoms with Crippen LogP contribution >= 0.6 is 0 Å². The Morgan fingerprint density at radius 2 is 2.17 bits per heavy atom. The Labute approximate surface area is 137 Å². The first-order valence-corrected chi connectivity index (χ1v) is 8.39. The summed E-state index contributed by atoms with van der Waals surface area (Å²) in [7, 11) is 0. The van der Waals surface area contributed by atoms with Crippen LogP contribution in [-0.4, -0.2) is 45.7 Å². The highest BCUT2D eigenvalue weighted by Gasteiger charge is 2.20. The summed E-state index contributed by atoms with van der Waals surface area (Å²) in [5, 5.41) is 7.56. The molecule has 0 radical (unpaired) electrons. The van der Waals surface area contributed by atoms with Gasteiger partial charge < -0.3 is 14.7 Å². The first kappa shape index (κ1) is 16.1. The maximum Gasteiger partial charge on any atom is 0.240 e. The molecule has 1 N–H and O–H groups in total. The van der Waals surface area contributed by atoms with Crippen molar-refractivity contribution in [3.63, 3.8) is 0 Å². The molecular weight excluding hydrogens is 290 g/mol. The largest absolute Gasteiger partial charge is 0.338 e. The topological polar surface area (TPSA) is 67.1 Å². The molecule has 0 aromatic carbocycles. The van der Waals surface area contributed by atoms with E-state index in [1.54, 1.807) is 12.4 Å². The first-order chi connectivity index (χ1) is 11.2. The number of rotatable bonds is 6. The summed E-state index contributed by atoms with van der Waals surface area (Å²) >= 11 is 0. The van der Waals surface area contributed by atoms with Crippen LogP contribution in [0.1, 0.15) is 32.6 Å². The van der Waals surface area contributed by atoms with Crippen LogP contribution in [0.25, 0.3) is 11.4 Å². The number of pyridine rings is 1. The third-order valence-corrected chi connectivity index (χ3v) is 4.14. The molecule has 1 aliphatic heterocycles. The SMILES string of the molecule is CC(C)CN1CCC(NCc2nc(-c3cccnc3)no2)CC1. The van der Waals surface area contributed by atoms with Crippen molar-refractivity contribution < 1.29 is 4.52 Å². The highest BCUT2D eigenvalue weighted by atomic mass is 16.5. The molecule has 23 heavy (non-hydrogen) atoms. The van der Waals surface area contributed by atoms with Gasteiger partial charge in [0.2, 0.25) is 11.7 Å². The second-order valence-corrected chi connectivity index (χ2v) is 6.60. The molecule has 2 aromatic rings. The lowest BCUT2D eigenvalue weighted by atomic mass is 10.0. The highest BCUT2D eigenvalue weighted by Crippen LogP contribution is 2.15. The molecule has 0 aliphatic carbocycles. The summed E-state index contributed by atoms with van der Waals surface area (Å²) in [5.41, 5.74) is 0.879. The first-order valence-electron chi connectivity index (χ1n) is 8.39. The molecule has 0 saturated carbocycles. The van der Waals surface area contributed by atoms with Crippen molar-refractivity contribution >= 4 is 0 Å². The molecule has 3 heterocycles. The average Bonchev–Trinajstić information content (AvgIpc) is 3.04. The molecule has 0 amide bonds. The van der Waals surface area contributed by atoms with Crippen LogP contribution in [0.2, 0.25) is 0 Å². The van der Waals surface area contributed by atoms with Gasteiger partial charge in [-0.2, -0.15) is 4.98 Å². The number of likely N-dealkylation sites (tertiary alicyclic amines) is 1. The minimum Gasteiger partial charge on any atom is -0.338 e. The zero-order valence-corrected chi connectivity index (χ0v) is 13.9. The Bertz CT molecular complexity index is 590.